The van der Waals surface area contributed by atoms with Crippen molar-refractivity contribution in [1.82, 2.24) is 4.98 Å². The molecule has 0 radical (unpaired) electrons. The third-order valence-electron chi connectivity index (χ3n) is 5.79. The lowest BCUT2D eigenvalue weighted by Crippen LogP contribution is -2.29. The zero-order valence-electron chi connectivity index (χ0n) is 19.1. The number of hydrogen-bond acceptors (Lipinski definition) is 7. The van der Waals surface area contributed by atoms with Crippen LogP contribution in [0.15, 0.2) is 78.4 Å². The number of aromatic nitrogens is 1. The van der Waals surface area contributed by atoms with Crippen LogP contribution in [0.1, 0.15) is 24.1 Å². The van der Waals surface area contributed by atoms with Gasteiger partial charge in [-0.3, -0.25) is 14.5 Å². The molecule has 4 aromatic rings. The van der Waals surface area contributed by atoms with E-state index in [1.54, 1.807) is 37.4 Å². The fourth-order valence-corrected chi connectivity index (χ4v) is 5.16. The van der Waals surface area contributed by atoms with E-state index in [0.717, 1.165) is 4.70 Å². The number of hydrogen-bond donors (Lipinski definition) is 1. The summed E-state index contributed by atoms with van der Waals surface area (Å²) in [7, 11) is 1.58. The highest BCUT2D eigenvalue weighted by atomic mass is 32.1. The van der Waals surface area contributed by atoms with Crippen LogP contribution in [0.4, 0.5) is 5.13 Å². The molecule has 2 heterocycles. The second-order valence-electron chi connectivity index (χ2n) is 7.87. The Balaban J connectivity index is 1.66. The molecule has 0 aliphatic carbocycles. The smallest absolute Gasteiger partial charge is 0.301 e. The van der Waals surface area contributed by atoms with Crippen LogP contribution in [-0.2, 0) is 9.59 Å². The highest BCUT2D eigenvalue weighted by Gasteiger charge is 2.48. The van der Waals surface area contributed by atoms with Crippen molar-refractivity contribution >= 4 is 44.1 Å². The minimum absolute atomic E-state index is 0.0159. The zero-order valence-corrected chi connectivity index (χ0v) is 19.9. The molecule has 1 unspecified atom stereocenters. The summed E-state index contributed by atoms with van der Waals surface area (Å²) in [5, 5.41) is 11.6. The second-order valence-corrected chi connectivity index (χ2v) is 8.88. The van der Waals surface area contributed by atoms with E-state index in [9.17, 15) is 14.7 Å². The number of thiazole rings is 1. The molecule has 1 atom stereocenters. The normalized spacial score (nSPS) is 17.2. The van der Waals surface area contributed by atoms with E-state index in [1.165, 1.54) is 16.2 Å². The number of aliphatic hydroxyl groups is 1. The molecule has 1 fully saturated rings. The summed E-state index contributed by atoms with van der Waals surface area (Å²) in [5.74, 6) is -0.427. The molecule has 1 aliphatic heterocycles. The van der Waals surface area contributed by atoms with Gasteiger partial charge >= 0.3 is 5.91 Å². The largest absolute Gasteiger partial charge is 0.507 e. The van der Waals surface area contributed by atoms with Crippen LogP contribution in [0, 0.1) is 0 Å². The number of ketones is 1. The Morgan fingerprint density at radius 2 is 1.74 bits per heavy atom. The fourth-order valence-electron chi connectivity index (χ4n) is 4.13. The first-order chi connectivity index (χ1) is 17.0. The van der Waals surface area contributed by atoms with Crippen LogP contribution in [0.25, 0.3) is 16.0 Å². The molecular formula is C27H22N2O5S. The van der Waals surface area contributed by atoms with Crippen LogP contribution >= 0.6 is 11.3 Å². The topological polar surface area (TPSA) is 89.0 Å². The number of fused-ring (bicyclic) bond motifs is 1. The lowest BCUT2D eigenvalue weighted by atomic mass is 9.95. The maximum atomic E-state index is 13.3. The van der Waals surface area contributed by atoms with Gasteiger partial charge in [-0.05, 0) is 55.0 Å². The zero-order chi connectivity index (χ0) is 24.5. The highest BCUT2D eigenvalue weighted by molar-refractivity contribution is 7.22. The van der Waals surface area contributed by atoms with Crippen molar-refractivity contribution in [1.29, 1.82) is 0 Å². The third kappa shape index (κ3) is 4.02. The number of nitrogens with zero attached hydrogens (tertiary/aromatic N) is 2. The van der Waals surface area contributed by atoms with Crippen molar-refractivity contribution in [2.75, 3.05) is 18.6 Å². The first kappa shape index (κ1) is 22.6. The molecule has 1 saturated heterocycles. The van der Waals surface area contributed by atoms with Crippen molar-refractivity contribution in [2.24, 2.45) is 0 Å². The summed E-state index contributed by atoms with van der Waals surface area (Å²) < 4.78 is 11.6. The lowest BCUT2D eigenvalue weighted by molar-refractivity contribution is -0.132. The fraction of sp³-hybridized carbons (Fsp3) is 0.148. The Morgan fingerprint density at radius 3 is 2.43 bits per heavy atom. The average molecular weight is 487 g/mol. The molecule has 0 saturated carbocycles. The van der Waals surface area contributed by atoms with Crippen molar-refractivity contribution in [3.8, 4) is 11.5 Å². The van der Waals surface area contributed by atoms with Gasteiger partial charge in [0.2, 0.25) is 0 Å². The molecular weight excluding hydrogens is 464 g/mol. The van der Waals surface area contributed by atoms with Gasteiger partial charge in [-0.2, -0.15) is 0 Å². The van der Waals surface area contributed by atoms with Crippen molar-refractivity contribution in [2.45, 2.75) is 13.0 Å². The molecule has 7 nitrogen and oxygen atoms in total. The maximum absolute atomic E-state index is 13.3. The van der Waals surface area contributed by atoms with Crippen LogP contribution in [-0.4, -0.2) is 35.5 Å². The van der Waals surface area contributed by atoms with Gasteiger partial charge in [0.15, 0.2) is 5.13 Å². The Morgan fingerprint density at radius 1 is 1.03 bits per heavy atom. The number of Topliss-reactive ketones (excluding diaryl/α,β-unsaturated/α-hetero) is 1. The molecule has 176 valence electrons. The van der Waals surface area contributed by atoms with Gasteiger partial charge in [0.05, 0.1) is 35.5 Å². The molecule has 8 heteroatoms. The predicted molar refractivity (Wildman–Crippen MR) is 135 cm³/mol. The highest BCUT2D eigenvalue weighted by Crippen LogP contribution is 2.44. The third-order valence-corrected chi connectivity index (χ3v) is 6.81. The van der Waals surface area contributed by atoms with Gasteiger partial charge in [0.25, 0.3) is 5.78 Å². The number of amides is 1. The van der Waals surface area contributed by atoms with Gasteiger partial charge < -0.3 is 14.6 Å². The molecule has 1 aromatic heterocycles. The summed E-state index contributed by atoms with van der Waals surface area (Å²) in [4.78, 5) is 32.6. The minimum atomic E-state index is -0.828. The monoisotopic (exact) mass is 486 g/mol. The standard InChI is InChI=1S/C27H22N2O5S/c1-3-34-18-11-9-17(10-12-18)24(30)22-23(16-7-5-4-6-8-16)29(26(32)25(22)31)27-28-20-14-13-19(33-2)15-21(20)35-27/h4-15,23,30H,3H2,1-2H3. The van der Waals surface area contributed by atoms with E-state index in [-0.39, 0.29) is 11.3 Å². The van der Waals surface area contributed by atoms with Gasteiger partial charge in [0.1, 0.15) is 17.3 Å². The van der Waals surface area contributed by atoms with Crippen LogP contribution in [0.3, 0.4) is 0 Å². The molecule has 0 spiro atoms. The summed E-state index contributed by atoms with van der Waals surface area (Å²) in [6.07, 6.45) is 0. The molecule has 3 aromatic carbocycles. The summed E-state index contributed by atoms with van der Waals surface area (Å²) >= 11 is 1.29. The lowest BCUT2D eigenvalue weighted by Gasteiger charge is -2.22. The SMILES string of the molecule is CCOc1ccc(C(O)=C2C(=O)C(=O)N(c3nc4ccc(OC)cc4s3)C2c2ccccc2)cc1. The molecule has 1 amide bonds. The van der Waals surface area contributed by atoms with E-state index in [4.69, 9.17) is 9.47 Å². The molecule has 1 N–H and O–H groups in total. The number of methoxy groups -OCH3 is 1. The van der Waals surface area contributed by atoms with Crippen LogP contribution < -0.4 is 14.4 Å². The molecule has 35 heavy (non-hydrogen) atoms. The van der Waals surface area contributed by atoms with E-state index in [1.807, 2.05) is 49.4 Å². The van der Waals surface area contributed by atoms with Gasteiger partial charge in [-0.15, -0.1) is 0 Å². The van der Waals surface area contributed by atoms with E-state index in [2.05, 4.69) is 4.98 Å². The summed E-state index contributed by atoms with van der Waals surface area (Å²) in [6, 6.07) is 20.5. The number of aliphatic hydroxyl groups excluding tert-OH is 1. The minimum Gasteiger partial charge on any atom is -0.507 e. The Hall–Kier alpha value is -4.17. The van der Waals surface area contributed by atoms with Crippen LogP contribution in [0.2, 0.25) is 0 Å². The van der Waals surface area contributed by atoms with E-state index in [0.29, 0.717) is 39.9 Å². The van der Waals surface area contributed by atoms with Gasteiger partial charge in [-0.25, -0.2) is 4.98 Å². The number of carbonyl (C=O) groups is 2. The number of anilines is 1. The van der Waals surface area contributed by atoms with Crippen LogP contribution in [0.5, 0.6) is 11.5 Å². The van der Waals surface area contributed by atoms with Gasteiger partial charge in [-0.1, -0.05) is 41.7 Å². The number of ether oxygens (including phenoxy) is 2. The predicted octanol–water partition coefficient (Wildman–Crippen LogP) is 5.33. The van der Waals surface area contributed by atoms with Crippen molar-refractivity contribution in [3.05, 3.63) is 89.5 Å². The summed E-state index contributed by atoms with van der Waals surface area (Å²) in [6.45, 7) is 2.39. The Labute approximate surface area is 205 Å². The number of rotatable bonds is 6. The Kier molecular flexibility index (Phi) is 5.96. The van der Waals surface area contributed by atoms with Gasteiger partial charge in [0, 0.05) is 5.56 Å². The average Bonchev–Trinajstić information content (AvgIpc) is 3.42. The first-order valence-corrected chi connectivity index (χ1v) is 11.9. The second kappa shape index (κ2) is 9.23. The number of carbonyl (C=O) groups excluding carboxylic acids is 2. The quantitative estimate of drug-likeness (QED) is 0.225. The van der Waals surface area contributed by atoms with Crippen molar-refractivity contribution < 1.29 is 24.2 Å². The maximum Gasteiger partial charge on any atom is 0.301 e. The summed E-state index contributed by atoms with van der Waals surface area (Å²) in [5.41, 5.74) is 1.81. The van der Waals surface area contributed by atoms with E-state index >= 15 is 0 Å². The molecule has 5 rings (SSSR count). The van der Waals surface area contributed by atoms with E-state index < -0.39 is 17.7 Å². The number of benzene rings is 3. The first-order valence-electron chi connectivity index (χ1n) is 11.1. The molecule has 1 aliphatic rings. The van der Waals surface area contributed by atoms with Crippen molar-refractivity contribution in [3.63, 3.8) is 0 Å². The Bertz CT molecular complexity index is 1440. The molecule has 0 bridgehead atoms.